The molecule has 148 valence electrons. The lowest BCUT2D eigenvalue weighted by molar-refractivity contribution is -0.149. The first-order chi connectivity index (χ1) is 13.9. The Morgan fingerprint density at radius 3 is 2.55 bits per heavy atom. The molecule has 1 amide bonds. The van der Waals surface area contributed by atoms with E-state index in [2.05, 4.69) is 5.32 Å². The fourth-order valence-electron chi connectivity index (χ4n) is 2.50. The van der Waals surface area contributed by atoms with Gasteiger partial charge in [0.15, 0.2) is 3.77 Å². The van der Waals surface area contributed by atoms with E-state index in [1.54, 1.807) is 54.6 Å². The Labute approximate surface area is 186 Å². The van der Waals surface area contributed by atoms with Gasteiger partial charge in [0.25, 0.3) is 5.91 Å². The molecule has 0 saturated carbocycles. The molecular formula is C22H17ClINO4. The Hall–Kier alpha value is -2.58. The van der Waals surface area contributed by atoms with Crippen LogP contribution in [0.4, 0.5) is 5.69 Å². The molecule has 0 radical (unpaired) electrons. The van der Waals surface area contributed by atoms with Crippen LogP contribution in [0.2, 0.25) is 5.02 Å². The van der Waals surface area contributed by atoms with Gasteiger partial charge in [-0.05, 0) is 65.4 Å². The summed E-state index contributed by atoms with van der Waals surface area (Å²) in [4.78, 5) is 25.2. The largest absolute Gasteiger partial charge is 0.451 e. The first-order valence-corrected chi connectivity index (χ1v) is 10.1. The number of hydrogen-bond acceptors (Lipinski definition) is 4. The zero-order valence-corrected chi connectivity index (χ0v) is 18.3. The van der Waals surface area contributed by atoms with Gasteiger partial charge in [0.2, 0.25) is 6.10 Å². The molecule has 0 spiro atoms. The number of carbonyl (C=O) groups excluding carboxylic acids is 2. The fourth-order valence-corrected chi connectivity index (χ4v) is 3.12. The van der Waals surface area contributed by atoms with Gasteiger partial charge in [-0.25, -0.2) is 4.79 Å². The number of furan rings is 1. The maximum absolute atomic E-state index is 12.8. The van der Waals surface area contributed by atoms with Gasteiger partial charge >= 0.3 is 5.97 Å². The molecule has 0 aliphatic heterocycles. The zero-order chi connectivity index (χ0) is 20.8. The monoisotopic (exact) mass is 521 g/mol. The van der Waals surface area contributed by atoms with Crippen LogP contribution in [0, 0.1) is 10.7 Å². The molecule has 1 unspecified atom stereocenters. The summed E-state index contributed by atoms with van der Waals surface area (Å²) in [6.07, 6.45) is 1.59. The number of rotatable bonds is 6. The number of halogens is 2. The van der Waals surface area contributed by atoms with E-state index in [4.69, 9.17) is 20.8 Å². The Morgan fingerprint density at radius 1 is 1.14 bits per heavy atom. The van der Waals surface area contributed by atoms with Gasteiger partial charge in [0.05, 0.1) is 0 Å². The van der Waals surface area contributed by atoms with Crippen LogP contribution in [-0.4, -0.2) is 11.9 Å². The van der Waals surface area contributed by atoms with Gasteiger partial charge < -0.3 is 14.5 Å². The molecule has 0 fully saturated rings. The van der Waals surface area contributed by atoms with Crippen LogP contribution >= 0.6 is 34.2 Å². The van der Waals surface area contributed by atoms with Crippen LogP contribution in [0.3, 0.4) is 0 Å². The van der Waals surface area contributed by atoms with Gasteiger partial charge in [-0.1, -0.05) is 48.0 Å². The predicted molar refractivity (Wildman–Crippen MR) is 121 cm³/mol. The number of aryl methyl sites for hydroxylation is 1. The highest BCUT2D eigenvalue weighted by Gasteiger charge is 2.24. The Kier molecular flexibility index (Phi) is 7.11. The van der Waals surface area contributed by atoms with E-state index in [1.165, 1.54) is 12.2 Å². The number of amides is 1. The number of esters is 1. The highest BCUT2D eigenvalue weighted by molar-refractivity contribution is 14.1. The maximum Gasteiger partial charge on any atom is 0.332 e. The van der Waals surface area contributed by atoms with E-state index in [-0.39, 0.29) is 0 Å². The normalized spacial score (nSPS) is 12.0. The molecule has 29 heavy (non-hydrogen) atoms. The average Bonchev–Trinajstić information content (AvgIpc) is 3.13. The summed E-state index contributed by atoms with van der Waals surface area (Å²) in [6.45, 7) is 1.87. The molecule has 1 aromatic heterocycles. The third-order valence-electron chi connectivity index (χ3n) is 3.99. The zero-order valence-electron chi connectivity index (χ0n) is 15.4. The third-order valence-corrected chi connectivity index (χ3v) is 4.98. The van der Waals surface area contributed by atoms with Crippen molar-refractivity contribution in [3.63, 3.8) is 0 Å². The quantitative estimate of drug-likeness (QED) is 0.254. The minimum Gasteiger partial charge on any atom is -0.451 e. The summed E-state index contributed by atoms with van der Waals surface area (Å²) in [7, 11) is 0. The molecule has 0 bridgehead atoms. The summed E-state index contributed by atoms with van der Waals surface area (Å²) in [5.74, 6) is -0.630. The summed E-state index contributed by atoms with van der Waals surface area (Å²) in [6, 6.07) is 17.5. The minimum absolute atomic E-state index is 0.481. The average molecular weight is 522 g/mol. The van der Waals surface area contributed by atoms with Crippen LogP contribution in [0.15, 0.2) is 71.2 Å². The lowest BCUT2D eigenvalue weighted by Gasteiger charge is -2.17. The van der Waals surface area contributed by atoms with Crippen molar-refractivity contribution in [1.82, 2.24) is 0 Å². The Morgan fingerprint density at radius 2 is 1.90 bits per heavy atom. The van der Waals surface area contributed by atoms with Crippen molar-refractivity contribution in [3.05, 3.63) is 92.4 Å². The number of carbonyl (C=O) groups is 2. The van der Waals surface area contributed by atoms with Crippen molar-refractivity contribution in [3.8, 4) is 0 Å². The third kappa shape index (κ3) is 5.95. The highest BCUT2D eigenvalue weighted by atomic mass is 127. The molecule has 2 aromatic carbocycles. The highest BCUT2D eigenvalue weighted by Crippen LogP contribution is 2.24. The number of anilines is 1. The van der Waals surface area contributed by atoms with Crippen LogP contribution in [0.5, 0.6) is 0 Å². The van der Waals surface area contributed by atoms with E-state index < -0.39 is 18.0 Å². The summed E-state index contributed by atoms with van der Waals surface area (Å²) in [5, 5.41) is 3.28. The lowest BCUT2D eigenvalue weighted by atomic mass is 10.1. The predicted octanol–water partition coefficient (Wildman–Crippen LogP) is 5.78. The number of nitrogens with one attached hydrogen (secondary N) is 1. The van der Waals surface area contributed by atoms with Crippen molar-refractivity contribution in [2.45, 2.75) is 13.0 Å². The number of benzene rings is 2. The molecular weight excluding hydrogens is 505 g/mol. The number of ether oxygens (including phenoxy) is 1. The molecule has 1 N–H and O–H groups in total. The van der Waals surface area contributed by atoms with Crippen LogP contribution in [0.1, 0.15) is 23.0 Å². The summed E-state index contributed by atoms with van der Waals surface area (Å²) < 4.78 is 11.5. The maximum atomic E-state index is 12.8. The molecule has 0 aliphatic rings. The molecule has 7 heteroatoms. The van der Waals surface area contributed by atoms with E-state index in [9.17, 15) is 9.59 Å². The van der Waals surface area contributed by atoms with Gasteiger partial charge in [-0.15, -0.1) is 0 Å². The van der Waals surface area contributed by atoms with Gasteiger partial charge in [-0.3, -0.25) is 4.79 Å². The van der Waals surface area contributed by atoms with Crippen molar-refractivity contribution in [2.75, 3.05) is 5.32 Å². The topological polar surface area (TPSA) is 68.5 Å². The number of hydrogen-bond donors (Lipinski definition) is 1. The SMILES string of the molecule is Cc1ccc(NC(=O)C(OC(=O)/C=C/c2ccc(I)o2)c2ccccc2)cc1Cl. The smallest absolute Gasteiger partial charge is 0.332 e. The second-order valence-electron chi connectivity index (χ2n) is 6.16. The second-order valence-corrected chi connectivity index (χ2v) is 7.63. The fraction of sp³-hybridized carbons (Fsp3) is 0.0909. The molecule has 5 nitrogen and oxygen atoms in total. The van der Waals surface area contributed by atoms with E-state index >= 15 is 0 Å². The lowest BCUT2D eigenvalue weighted by Crippen LogP contribution is -2.25. The van der Waals surface area contributed by atoms with E-state index in [0.717, 1.165) is 5.56 Å². The molecule has 1 heterocycles. The standard InChI is InChI=1S/C22H17ClINO4/c1-14-7-8-16(13-18(14)23)25-22(27)21(15-5-3-2-4-6-15)29-20(26)12-10-17-9-11-19(24)28-17/h2-13,21H,1H3,(H,25,27)/b12-10+. The van der Waals surface area contributed by atoms with E-state index in [0.29, 0.717) is 25.8 Å². The summed E-state index contributed by atoms with van der Waals surface area (Å²) >= 11 is 8.15. The van der Waals surface area contributed by atoms with E-state index in [1.807, 2.05) is 35.6 Å². The van der Waals surface area contributed by atoms with Crippen LogP contribution in [-0.2, 0) is 14.3 Å². The Balaban J connectivity index is 1.77. The van der Waals surface area contributed by atoms with Crippen LogP contribution < -0.4 is 5.32 Å². The molecule has 1 atom stereocenters. The summed E-state index contributed by atoms with van der Waals surface area (Å²) in [5.41, 5.74) is 1.97. The van der Waals surface area contributed by atoms with Crippen molar-refractivity contribution in [2.24, 2.45) is 0 Å². The molecule has 0 saturated heterocycles. The van der Waals surface area contributed by atoms with Crippen molar-refractivity contribution < 1.29 is 18.7 Å². The molecule has 0 aliphatic carbocycles. The van der Waals surface area contributed by atoms with Gasteiger partial charge in [0, 0.05) is 22.3 Å². The second kappa shape index (κ2) is 9.76. The van der Waals surface area contributed by atoms with Gasteiger partial charge in [0.1, 0.15) is 5.76 Å². The van der Waals surface area contributed by atoms with Crippen molar-refractivity contribution in [1.29, 1.82) is 0 Å². The van der Waals surface area contributed by atoms with Gasteiger partial charge in [-0.2, -0.15) is 0 Å². The van der Waals surface area contributed by atoms with Crippen molar-refractivity contribution >= 4 is 57.8 Å². The van der Waals surface area contributed by atoms with Crippen LogP contribution in [0.25, 0.3) is 6.08 Å². The first kappa shape index (κ1) is 21.1. The Bertz CT molecular complexity index is 1050. The molecule has 3 aromatic rings. The first-order valence-electron chi connectivity index (χ1n) is 8.68. The minimum atomic E-state index is -1.12. The molecule has 3 rings (SSSR count).